The summed E-state index contributed by atoms with van der Waals surface area (Å²) in [6.07, 6.45) is 1.22. The van der Waals surface area contributed by atoms with Crippen LogP contribution in [0.15, 0.2) is 17.5 Å². The molecule has 0 radical (unpaired) electrons. The zero-order valence-electron chi connectivity index (χ0n) is 15.0. The molecule has 2 aliphatic rings. The average Bonchev–Trinajstić information content (AvgIpc) is 3.22. The number of thiophene rings is 1. The van der Waals surface area contributed by atoms with Gasteiger partial charge in [-0.15, -0.1) is 11.3 Å². The van der Waals surface area contributed by atoms with Crippen molar-refractivity contribution in [3.8, 4) is 0 Å². The maximum Gasteiger partial charge on any atom is 0.248 e. The van der Waals surface area contributed by atoms with E-state index in [9.17, 15) is 4.79 Å². The fraction of sp³-hybridized carbons (Fsp3) is 0.722. The maximum atomic E-state index is 11.9. The molecule has 1 amide bonds. The van der Waals surface area contributed by atoms with Crippen LogP contribution in [0, 0.1) is 5.92 Å². The van der Waals surface area contributed by atoms with E-state index in [1.807, 2.05) is 11.3 Å². The number of likely N-dealkylation sites (tertiary alicyclic amines) is 2. The number of piperidine rings is 1. The number of fused-ring (bicyclic) bond motifs is 1. The van der Waals surface area contributed by atoms with E-state index in [-0.39, 0.29) is 18.6 Å². The van der Waals surface area contributed by atoms with Gasteiger partial charge in [-0.25, -0.2) is 0 Å². The molecule has 1 aromatic heterocycles. The molecule has 3 rings (SSSR count). The van der Waals surface area contributed by atoms with Gasteiger partial charge in [-0.2, -0.15) is 0 Å². The second-order valence-electron chi connectivity index (χ2n) is 7.06. The first-order valence-corrected chi connectivity index (χ1v) is 9.77. The van der Waals surface area contributed by atoms with Crippen LogP contribution in [-0.2, 0) is 16.1 Å². The third-order valence-electron chi connectivity index (χ3n) is 5.36. The van der Waals surface area contributed by atoms with E-state index in [1.165, 1.54) is 4.88 Å². The van der Waals surface area contributed by atoms with Gasteiger partial charge < -0.3 is 14.5 Å². The lowest BCUT2D eigenvalue weighted by Crippen LogP contribution is -2.51. The summed E-state index contributed by atoms with van der Waals surface area (Å²) in [6.45, 7) is 7.82. The Morgan fingerprint density at radius 1 is 1.42 bits per heavy atom. The quantitative estimate of drug-likeness (QED) is 0.782. The molecule has 2 fully saturated rings. The van der Waals surface area contributed by atoms with Crippen molar-refractivity contribution in [3.05, 3.63) is 22.4 Å². The lowest BCUT2D eigenvalue weighted by molar-refractivity contribution is -0.139. The number of amides is 1. The van der Waals surface area contributed by atoms with E-state index in [1.54, 1.807) is 19.0 Å². The Balaban J connectivity index is 1.64. The van der Waals surface area contributed by atoms with Gasteiger partial charge in [-0.1, -0.05) is 13.0 Å². The highest BCUT2D eigenvalue weighted by Crippen LogP contribution is 2.34. The number of carbonyl (C=O) groups is 1. The standard InChI is InChI=1S/C18H29N3O2S/c1-4-20-11-15-16(12-20)21(10-14-6-5-9-24-14)8-7-17(15)23-13-18(22)19(2)3/h5-6,9,15-17H,4,7-8,10-13H2,1-3H3/t15-,16+,17-/m1/s1. The number of hydrogen-bond acceptors (Lipinski definition) is 5. The largest absolute Gasteiger partial charge is 0.368 e. The molecule has 134 valence electrons. The molecule has 3 heterocycles. The molecule has 0 unspecified atom stereocenters. The van der Waals surface area contributed by atoms with Gasteiger partial charge in [-0.05, 0) is 24.4 Å². The van der Waals surface area contributed by atoms with Crippen molar-refractivity contribution in [3.63, 3.8) is 0 Å². The number of hydrogen-bond donors (Lipinski definition) is 0. The Bertz CT molecular complexity index is 534. The van der Waals surface area contributed by atoms with Crippen LogP contribution in [-0.4, -0.2) is 79.6 Å². The SMILES string of the molecule is CCN1C[C@H]2[C@H](OCC(=O)N(C)C)CCN(Cc3cccs3)[C@H]2C1. The summed E-state index contributed by atoms with van der Waals surface area (Å²) in [4.78, 5) is 20.0. The number of nitrogens with zero attached hydrogens (tertiary/aromatic N) is 3. The molecule has 0 N–H and O–H groups in total. The zero-order chi connectivity index (χ0) is 17.1. The fourth-order valence-electron chi connectivity index (χ4n) is 3.89. The molecule has 3 atom stereocenters. The molecular formula is C18H29N3O2S. The Morgan fingerprint density at radius 3 is 2.92 bits per heavy atom. The summed E-state index contributed by atoms with van der Waals surface area (Å²) >= 11 is 1.84. The third kappa shape index (κ3) is 3.99. The van der Waals surface area contributed by atoms with Gasteiger partial charge in [0.05, 0.1) is 6.10 Å². The van der Waals surface area contributed by atoms with Crippen LogP contribution in [0.4, 0.5) is 0 Å². The smallest absolute Gasteiger partial charge is 0.248 e. The van der Waals surface area contributed by atoms with Gasteiger partial charge in [0.15, 0.2) is 0 Å². The summed E-state index contributed by atoms with van der Waals surface area (Å²) in [5.74, 6) is 0.562. The van der Waals surface area contributed by atoms with Gasteiger partial charge in [-0.3, -0.25) is 9.69 Å². The topological polar surface area (TPSA) is 36.0 Å². The first kappa shape index (κ1) is 17.9. The van der Waals surface area contributed by atoms with E-state index in [0.29, 0.717) is 12.0 Å². The molecule has 6 heteroatoms. The second-order valence-corrected chi connectivity index (χ2v) is 8.09. The normalized spacial score (nSPS) is 28.0. The van der Waals surface area contributed by atoms with Crippen LogP contribution >= 0.6 is 11.3 Å². The van der Waals surface area contributed by atoms with E-state index in [2.05, 4.69) is 34.2 Å². The van der Waals surface area contributed by atoms with Crippen molar-refractivity contribution in [1.82, 2.24) is 14.7 Å². The lowest BCUT2D eigenvalue weighted by Gasteiger charge is -2.41. The van der Waals surface area contributed by atoms with Crippen molar-refractivity contribution in [2.75, 3.05) is 46.9 Å². The highest BCUT2D eigenvalue weighted by Gasteiger charge is 2.44. The second kappa shape index (κ2) is 7.95. The van der Waals surface area contributed by atoms with Crippen molar-refractivity contribution >= 4 is 17.2 Å². The lowest BCUT2D eigenvalue weighted by atomic mass is 9.89. The van der Waals surface area contributed by atoms with Crippen molar-refractivity contribution in [2.24, 2.45) is 5.92 Å². The predicted molar refractivity (Wildman–Crippen MR) is 97.2 cm³/mol. The molecule has 1 aromatic rings. The Labute approximate surface area is 149 Å². The van der Waals surface area contributed by atoms with Gasteiger partial charge in [0.1, 0.15) is 6.61 Å². The van der Waals surface area contributed by atoms with Crippen LogP contribution in [0.5, 0.6) is 0 Å². The number of ether oxygens (including phenoxy) is 1. The average molecular weight is 352 g/mol. The van der Waals surface area contributed by atoms with Crippen LogP contribution < -0.4 is 0 Å². The minimum Gasteiger partial charge on any atom is -0.368 e. The minimum atomic E-state index is 0.0536. The Hall–Kier alpha value is -0.950. The minimum absolute atomic E-state index is 0.0536. The summed E-state index contributed by atoms with van der Waals surface area (Å²) < 4.78 is 6.05. The van der Waals surface area contributed by atoms with Crippen LogP contribution in [0.25, 0.3) is 0 Å². The molecular weight excluding hydrogens is 322 g/mol. The van der Waals surface area contributed by atoms with Crippen LogP contribution in [0.3, 0.4) is 0 Å². The molecule has 0 bridgehead atoms. The first-order valence-electron chi connectivity index (χ1n) is 8.89. The van der Waals surface area contributed by atoms with Crippen LogP contribution in [0.2, 0.25) is 0 Å². The van der Waals surface area contributed by atoms with Gasteiger partial charge in [0, 0.05) is 57.1 Å². The molecule has 5 nitrogen and oxygen atoms in total. The van der Waals surface area contributed by atoms with E-state index < -0.39 is 0 Å². The first-order chi connectivity index (χ1) is 11.6. The van der Waals surface area contributed by atoms with Gasteiger partial charge >= 0.3 is 0 Å². The molecule has 0 aliphatic carbocycles. The summed E-state index contributed by atoms with van der Waals surface area (Å²) in [5.41, 5.74) is 0. The van der Waals surface area contributed by atoms with Gasteiger partial charge in [0.2, 0.25) is 5.91 Å². The Kier molecular flexibility index (Phi) is 5.92. The van der Waals surface area contributed by atoms with E-state index in [0.717, 1.165) is 39.1 Å². The molecule has 24 heavy (non-hydrogen) atoms. The van der Waals surface area contributed by atoms with Gasteiger partial charge in [0.25, 0.3) is 0 Å². The fourth-order valence-corrected chi connectivity index (χ4v) is 4.62. The molecule has 0 aromatic carbocycles. The predicted octanol–water partition coefficient (Wildman–Crippen LogP) is 1.75. The zero-order valence-corrected chi connectivity index (χ0v) is 15.8. The summed E-state index contributed by atoms with van der Waals surface area (Å²) in [7, 11) is 3.57. The molecule has 2 saturated heterocycles. The summed E-state index contributed by atoms with van der Waals surface area (Å²) in [6, 6.07) is 4.90. The third-order valence-corrected chi connectivity index (χ3v) is 6.22. The van der Waals surface area contributed by atoms with Crippen molar-refractivity contribution in [2.45, 2.75) is 32.0 Å². The van der Waals surface area contributed by atoms with Crippen molar-refractivity contribution in [1.29, 1.82) is 0 Å². The van der Waals surface area contributed by atoms with E-state index in [4.69, 9.17) is 4.74 Å². The van der Waals surface area contributed by atoms with E-state index >= 15 is 0 Å². The summed E-state index contributed by atoms with van der Waals surface area (Å²) in [5, 5.41) is 2.16. The Morgan fingerprint density at radius 2 is 2.25 bits per heavy atom. The monoisotopic (exact) mass is 351 g/mol. The number of likely N-dealkylation sites (N-methyl/N-ethyl adjacent to an activating group) is 2. The maximum absolute atomic E-state index is 11.9. The number of carbonyl (C=O) groups excluding carboxylic acids is 1. The molecule has 0 saturated carbocycles. The van der Waals surface area contributed by atoms with Crippen molar-refractivity contribution < 1.29 is 9.53 Å². The number of rotatable bonds is 6. The molecule has 0 spiro atoms. The van der Waals surface area contributed by atoms with Crippen LogP contribution in [0.1, 0.15) is 18.2 Å². The highest BCUT2D eigenvalue weighted by molar-refractivity contribution is 7.09. The highest BCUT2D eigenvalue weighted by atomic mass is 32.1. The molecule has 2 aliphatic heterocycles.